The zero-order chi connectivity index (χ0) is 20.5. The van der Waals surface area contributed by atoms with Crippen molar-refractivity contribution in [1.82, 2.24) is 9.97 Å². The van der Waals surface area contributed by atoms with Crippen LogP contribution in [-0.4, -0.2) is 23.8 Å². The Morgan fingerprint density at radius 3 is 2.59 bits per heavy atom. The highest BCUT2D eigenvalue weighted by Gasteiger charge is 2.19. The summed E-state index contributed by atoms with van der Waals surface area (Å²) in [6.07, 6.45) is 1.20. The van der Waals surface area contributed by atoms with Gasteiger partial charge in [0, 0.05) is 11.3 Å². The summed E-state index contributed by atoms with van der Waals surface area (Å²) in [7, 11) is 0. The van der Waals surface area contributed by atoms with Crippen molar-refractivity contribution in [1.29, 1.82) is 0 Å². The lowest BCUT2D eigenvalue weighted by Gasteiger charge is -2.15. The van der Waals surface area contributed by atoms with Crippen molar-refractivity contribution in [2.45, 2.75) is 5.75 Å². The molecule has 0 saturated heterocycles. The Hall–Kier alpha value is -3.36. The van der Waals surface area contributed by atoms with E-state index in [1.54, 1.807) is 36.4 Å². The summed E-state index contributed by atoms with van der Waals surface area (Å²) in [5.41, 5.74) is 2.33. The van der Waals surface area contributed by atoms with Gasteiger partial charge in [0.1, 0.15) is 17.1 Å². The van der Waals surface area contributed by atoms with Crippen LogP contribution < -0.4 is 5.56 Å². The predicted molar refractivity (Wildman–Crippen MR) is 107 cm³/mol. The number of benzene rings is 3. The van der Waals surface area contributed by atoms with E-state index in [4.69, 9.17) is 0 Å². The third kappa shape index (κ3) is 3.67. The van der Waals surface area contributed by atoms with Crippen LogP contribution >= 0.6 is 0 Å². The second-order valence-corrected chi connectivity index (χ2v) is 7.33. The fourth-order valence-corrected chi connectivity index (χ4v) is 3.80. The van der Waals surface area contributed by atoms with Gasteiger partial charge in [-0.3, -0.25) is 9.00 Å². The second kappa shape index (κ2) is 7.57. The Balaban J connectivity index is 2.09. The van der Waals surface area contributed by atoms with Crippen molar-refractivity contribution in [3.8, 4) is 28.0 Å². The third-order valence-corrected chi connectivity index (χ3v) is 5.12. The van der Waals surface area contributed by atoms with E-state index in [-0.39, 0.29) is 22.4 Å². The minimum absolute atomic E-state index is 0.118. The van der Waals surface area contributed by atoms with Crippen LogP contribution in [0.1, 0.15) is 5.56 Å². The van der Waals surface area contributed by atoms with Crippen LogP contribution in [0.25, 0.3) is 33.2 Å². The maximum Gasteiger partial charge on any atom is 0.259 e. The Labute approximate surface area is 167 Å². The van der Waals surface area contributed by atoms with Gasteiger partial charge in [-0.2, -0.15) is 0 Å². The molecule has 1 aromatic heterocycles. The summed E-state index contributed by atoms with van der Waals surface area (Å²) in [6, 6.07) is 13.9. The van der Waals surface area contributed by atoms with Crippen molar-refractivity contribution >= 4 is 22.0 Å². The first-order valence-corrected chi connectivity index (χ1v) is 9.83. The molecule has 0 spiro atoms. The monoisotopic (exact) mass is 409 g/mol. The molecule has 0 amide bonds. The molecule has 29 heavy (non-hydrogen) atoms. The molecular weight excluding hydrogens is 395 g/mol. The van der Waals surface area contributed by atoms with Crippen LogP contribution in [0.3, 0.4) is 0 Å². The van der Waals surface area contributed by atoms with Crippen molar-refractivity contribution in [3.05, 3.63) is 82.7 Å². The molecule has 1 unspecified atom stereocenters. The molecule has 0 aliphatic heterocycles. The Bertz CT molecular complexity index is 1300. The summed E-state index contributed by atoms with van der Waals surface area (Å²) < 4.78 is 35.7. The van der Waals surface area contributed by atoms with Crippen LogP contribution in [0.4, 0.5) is 4.39 Å². The number of H-pyrrole nitrogens is 1. The number of aromatic hydroxyl groups is 1. The summed E-state index contributed by atoms with van der Waals surface area (Å²) in [4.78, 5) is 19.3. The fourth-order valence-electron chi connectivity index (χ4n) is 3.35. The van der Waals surface area contributed by atoms with Gasteiger partial charge < -0.3 is 14.6 Å². The predicted octanol–water partition coefficient (Wildman–Crippen LogP) is 3.48. The highest BCUT2D eigenvalue weighted by molar-refractivity contribution is 7.78. The van der Waals surface area contributed by atoms with E-state index < -0.39 is 22.5 Å². The van der Waals surface area contributed by atoms with Gasteiger partial charge in [0.25, 0.3) is 5.56 Å². The summed E-state index contributed by atoms with van der Waals surface area (Å²) in [5, 5.41) is 10.6. The molecule has 0 aliphatic carbocycles. The minimum atomic E-state index is -2.27. The average Bonchev–Trinajstić information content (AvgIpc) is 2.69. The number of aromatic amines is 1. The molecule has 4 aromatic rings. The van der Waals surface area contributed by atoms with E-state index in [1.807, 2.05) is 0 Å². The molecule has 0 fully saturated rings. The van der Waals surface area contributed by atoms with Gasteiger partial charge in [-0.15, -0.1) is 0 Å². The second-order valence-electron chi connectivity index (χ2n) is 6.43. The largest absolute Gasteiger partial charge is 0.772 e. The highest BCUT2D eigenvalue weighted by atomic mass is 32.2. The van der Waals surface area contributed by atoms with Crippen molar-refractivity contribution < 1.29 is 18.3 Å². The average molecular weight is 409 g/mol. The molecular formula is C21H14FN2O4S-. The van der Waals surface area contributed by atoms with E-state index in [0.717, 1.165) is 0 Å². The number of nitrogens with one attached hydrogen (secondary N) is 1. The van der Waals surface area contributed by atoms with E-state index in [9.17, 15) is 23.1 Å². The number of aromatic nitrogens is 2. The Morgan fingerprint density at radius 1 is 1.10 bits per heavy atom. The fraction of sp³-hybridized carbons (Fsp3) is 0.0476. The van der Waals surface area contributed by atoms with Gasteiger partial charge in [-0.05, 0) is 40.5 Å². The quantitative estimate of drug-likeness (QED) is 0.502. The van der Waals surface area contributed by atoms with Crippen LogP contribution in [0, 0.1) is 5.82 Å². The molecule has 3 aromatic carbocycles. The first kappa shape index (κ1) is 19.0. The van der Waals surface area contributed by atoms with Gasteiger partial charge in [0.05, 0.1) is 11.7 Å². The van der Waals surface area contributed by atoms with Crippen LogP contribution in [-0.2, 0) is 16.8 Å². The molecule has 6 nitrogen and oxygen atoms in total. The van der Waals surface area contributed by atoms with Gasteiger partial charge in [0.15, 0.2) is 0 Å². The Kier molecular flexibility index (Phi) is 4.96. The van der Waals surface area contributed by atoms with E-state index in [2.05, 4.69) is 9.97 Å². The molecule has 2 N–H and O–H groups in total. The van der Waals surface area contributed by atoms with Gasteiger partial charge in [-0.25, -0.2) is 9.37 Å². The number of phenols is 1. The zero-order valence-corrected chi connectivity index (χ0v) is 15.7. The van der Waals surface area contributed by atoms with E-state index in [0.29, 0.717) is 27.8 Å². The molecule has 1 heterocycles. The Morgan fingerprint density at radius 2 is 1.86 bits per heavy atom. The van der Waals surface area contributed by atoms with Crippen molar-refractivity contribution in [3.63, 3.8) is 0 Å². The first-order chi connectivity index (χ1) is 13.9. The smallest absolute Gasteiger partial charge is 0.259 e. The maximum absolute atomic E-state index is 13.4. The van der Waals surface area contributed by atoms with Crippen molar-refractivity contribution in [2.75, 3.05) is 0 Å². The maximum atomic E-state index is 13.4. The lowest BCUT2D eigenvalue weighted by molar-refractivity contribution is 0.480. The lowest BCUT2D eigenvalue weighted by Crippen LogP contribution is -2.09. The highest BCUT2D eigenvalue weighted by Crippen LogP contribution is 2.40. The molecule has 0 saturated carbocycles. The number of hydrogen-bond donors (Lipinski definition) is 2. The van der Waals surface area contributed by atoms with Gasteiger partial charge in [-0.1, -0.05) is 47.5 Å². The molecule has 146 valence electrons. The van der Waals surface area contributed by atoms with Crippen LogP contribution in [0.15, 0.2) is 65.7 Å². The summed E-state index contributed by atoms with van der Waals surface area (Å²) >= 11 is -2.27. The van der Waals surface area contributed by atoms with E-state index in [1.165, 1.54) is 24.5 Å². The number of halogens is 1. The number of fused-ring (bicyclic) bond motifs is 1. The normalized spacial score (nSPS) is 12.2. The third-order valence-electron chi connectivity index (χ3n) is 4.55. The molecule has 8 heteroatoms. The van der Waals surface area contributed by atoms with Gasteiger partial charge in [0.2, 0.25) is 0 Å². The zero-order valence-electron chi connectivity index (χ0n) is 14.9. The van der Waals surface area contributed by atoms with Gasteiger partial charge >= 0.3 is 0 Å². The number of nitrogens with zero attached hydrogens (tertiary/aromatic N) is 1. The molecule has 0 bridgehead atoms. The SMILES string of the molecule is O=c1[nH]cnc2c(O)cc(-c3ccc(F)cc3)c(-c3cccc(CS(=O)[O-])c3)c12. The molecule has 1 atom stereocenters. The molecule has 0 aliphatic rings. The summed E-state index contributed by atoms with van der Waals surface area (Å²) in [5.74, 6) is -0.782. The van der Waals surface area contributed by atoms with Crippen molar-refractivity contribution in [2.24, 2.45) is 0 Å². The lowest BCUT2D eigenvalue weighted by atomic mass is 9.90. The molecule has 4 rings (SSSR count). The van der Waals surface area contributed by atoms with Crippen LogP contribution in [0.5, 0.6) is 5.75 Å². The number of rotatable bonds is 4. The summed E-state index contributed by atoms with van der Waals surface area (Å²) in [6.45, 7) is 0. The number of hydrogen-bond acceptors (Lipinski definition) is 5. The standard InChI is InChI=1S/C21H15FN2O4S/c22-15-6-4-13(5-7-15)16-9-17(25)20-19(21(26)24-11-23-20)18(16)14-3-1-2-12(8-14)10-29(27)28/h1-9,11,25H,10H2,(H,27,28)(H,23,24,26)/p-1. The topological polar surface area (TPSA) is 106 Å². The van der Waals surface area contributed by atoms with Crippen LogP contribution in [0.2, 0.25) is 0 Å². The number of phenolic OH excluding ortho intramolecular Hbond substituents is 1. The first-order valence-electron chi connectivity index (χ1n) is 8.58. The molecule has 0 radical (unpaired) electrons. The minimum Gasteiger partial charge on any atom is -0.772 e. The van der Waals surface area contributed by atoms with E-state index >= 15 is 0 Å².